The Labute approximate surface area is 127 Å². The van der Waals surface area contributed by atoms with Crippen molar-refractivity contribution in [3.63, 3.8) is 0 Å². The van der Waals surface area contributed by atoms with Crippen molar-refractivity contribution < 1.29 is 27.8 Å². The van der Waals surface area contributed by atoms with Crippen molar-refractivity contribution in [2.45, 2.75) is 44.5 Å². The van der Waals surface area contributed by atoms with Gasteiger partial charge in [-0.15, -0.1) is 0 Å². The zero-order valence-electron chi connectivity index (χ0n) is 12.8. The summed E-state index contributed by atoms with van der Waals surface area (Å²) in [4.78, 5) is 25.0. The SMILES string of the molecule is COC(=O)C(C1CCN(C(=O)OC(C)(C)C)CC1)S(=O)O. The number of amides is 1. The standard InChI is InChI=1S/C13H23NO6S/c1-13(2,3)20-12(16)14-7-5-9(6-8-14)10(21(17)18)11(15)19-4/h9-10H,5-8H2,1-4H3,(H,17,18). The molecule has 1 aliphatic heterocycles. The van der Waals surface area contributed by atoms with E-state index in [-0.39, 0.29) is 5.92 Å². The molecular formula is C13H23NO6S. The van der Waals surface area contributed by atoms with Crippen molar-refractivity contribution in [1.82, 2.24) is 4.90 Å². The largest absolute Gasteiger partial charge is 0.468 e. The first-order chi connectivity index (χ1) is 9.65. The number of nitrogens with zero attached hydrogens (tertiary/aromatic N) is 1. The van der Waals surface area contributed by atoms with E-state index in [0.29, 0.717) is 25.9 Å². The van der Waals surface area contributed by atoms with E-state index in [1.165, 1.54) is 7.11 Å². The van der Waals surface area contributed by atoms with E-state index in [9.17, 15) is 18.4 Å². The van der Waals surface area contributed by atoms with Gasteiger partial charge in [0.25, 0.3) is 0 Å². The third-order valence-electron chi connectivity index (χ3n) is 3.27. The van der Waals surface area contributed by atoms with Gasteiger partial charge < -0.3 is 18.9 Å². The fourth-order valence-electron chi connectivity index (χ4n) is 2.27. The Morgan fingerprint density at radius 1 is 1.29 bits per heavy atom. The van der Waals surface area contributed by atoms with E-state index in [0.717, 1.165) is 0 Å². The van der Waals surface area contributed by atoms with Crippen LogP contribution in [0.4, 0.5) is 4.79 Å². The maximum atomic E-state index is 11.9. The summed E-state index contributed by atoms with van der Waals surface area (Å²) in [6, 6.07) is 0. The average molecular weight is 321 g/mol. The highest BCUT2D eigenvalue weighted by Crippen LogP contribution is 2.25. The lowest BCUT2D eigenvalue weighted by Crippen LogP contribution is -2.46. The smallest absolute Gasteiger partial charge is 0.410 e. The molecule has 0 spiro atoms. The van der Waals surface area contributed by atoms with Crippen LogP contribution in [0.5, 0.6) is 0 Å². The number of likely N-dealkylation sites (tertiary alicyclic amines) is 1. The molecule has 0 aliphatic carbocycles. The predicted octanol–water partition coefficient (Wildman–Crippen LogP) is 1.40. The van der Waals surface area contributed by atoms with Gasteiger partial charge in [-0.25, -0.2) is 9.00 Å². The molecule has 1 fully saturated rings. The van der Waals surface area contributed by atoms with Crippen LogP contribution < -0.4 is 0 Å². The maximum absolute atomic E-state index is 11.9. The van der Waals surface area contributed by atoms with Gasteiger partial charge in [0.2, 0.25) is 0 Å². The lowest BCUT2D eigenvalue weighted by Gasteiger charge is -2.34. The molecule has 0 aromatic rings. The third kappa shape index (κ3) is 5.28. The summed E-state index contributed by atoms with van der Waals surface area (Å²) in [7, 11) is 1.19. The number of carbonyl (C=O) groups excluding carboxylic acids is 2. The fourth-order valence-corrected chi connectivity index (χ4v) is 3.13. The summed E-state index contributed by atoms with van der Waals surface area (Å²) >= 11 is -2.28. The molecular weight excluding hydrogens is 298 g/mol. The molecule has 21 heavy (non-hydrogen) atoms. The lowest BCUT2D eigenvalue weighted by molar-refractivity contribution is -0.141. The van der Waals surface area contributed by atoms with Gasteiger partial charge in [0, 0.05) is 13.1 Å². The molecule has 1 aliphatic rings. The summed E-state index contributed by atoms with van der Waals surface area (Å²) in [6.45, 7) is 6.16. The Bertz CT molecular complexity index is 411. The first kappa shape index (κ1) is 17.9. The van der Waals surface area contributed by atoms with Crippen LogP contribution in [0.15, 0.2) is 0 Å². The molecule has 1 heterocycles. The molecule has 2 atom stereocenters. The van der Waals surface area contributed by atoms with Crippen LogP contribution in [-0.4, -0.2) is 56.8 Å². The second kappa shape index (κ2) is 7.22. The van der Waals surface area contributed by atoms with Crippen LogP contribution in [0.3, 0.4) is 0 Å². The Morgan fingerprint density at radius 2 is 1.81 bits per heavy atom. The Balaban J connectivity index is 2.60. The highest BCUT2D eigenvalue weighted by atomic mass is 32.2. The number of methoxy groups -OCH3 is 1. The Morgan fingerprint density at radius 3 is 2.19 bits per heavy atom. The first-order valence-corrected chi connectivity index (χ1v) is 7.98. The molecule has 0 bridgehead atoms. The van der Waals surface area contributed by atoms with E-state index >= 15 is 0 Å². The van der Waals surface area contributed by atoms with Crippen LogP contribution in [0, 0.1) is 5.92 Å². The predicted molar refractivity (Wildman–Crippen MR) is 77.1 cm³/mol. The van der Waals surface area contributed by atoms with Gasteiger partial charge in [-0.1, -0.05) is 0 Å². The topological polar surface area (TPSA) is 93.1 Å². The Kier molecular flexibility index (Phi) is 6.15. The van der Waals surface area contributed by atoms with Gasteiger partial charge in [-0.2, -0.15) is 0 Å². The van der Waals surface area contributed by atoms with Crippen molar-refractivity contribution in [2.75, 3.05) is 20.2 Å². The summed E-state index contributed by atoms with van der Waals surface area (Å²) in [6.07, 6.45) is 0.525. The van der Waals surface area contributed by atoms with Crippen LogP contribution in [0.2, 0.25) is 0 Å². The van der Waals surface area contributed by atoms with Crippen LogP contribution >= 0.6 is 0 Å². The second-order valence-electron chi connectivity index (χ2n) is 6.02. The molecule has 0 aromatic carbocycles. The van der Waals surface area contributed by atoms with Crippen molar-refractivity contribution >= 4 is 23.1 Å². The summed E-state index contributed by atoms with van der Waals surface area (Å²) in [5, 5.41) is -1.06. The zero-order valence-corrected chi connectivity index (χ0v) is 13.6. The van der Waals surface area contributed by atoms with E-state index in [1.54, 1.807) is 25.7 Å². The van der Waals surface area contributed by atoms with Gasteiger partial charge in [0.05, 0.1) is 7.11 Å². The normalized spacial score (nSPS) is 19.8. The molecule has 0 saturated carbocycles. The number of carbonyl (C=O) groups is 2. The number of hydrogen-bond donors (Lipinski definition) is 1. The van der Waals surface area contributed by atoms with E-state index in [1.807, 2.05) is 0 Å². The van der Waals surface area contributed by atoms with E-state index in [2.05, 4.69) is 4.74 Å². The number of rotatable bonds is 3. The number of hydrogen-bond acceptors (Lipinski definition) is 5. The molecule has 8 heteroatoms. The highest BCUT2D eigenvalue weighted by molar-refractivity contribution is 7.80. The van der Waals surface area contributed by atoms with Gasteiger partial charge in [-0.05, 0) is 39.5 Å². The molecule has 1 amide bonds. The van der Waals surface area contributed by atoms with Gasteiger partial charge >= 0.3 is 12.1 Å². The van der Waals surface area contributed by atoms with Gasteiger partial charge in [0.1, 0.15) is 5.60 Å². The molecule has 0 aromatic heterocycles. The minimum absolute atomic E-state index is 0.276. The van der Waals surface area contributed by atoms with Gasteiger partial charge in [-0.3, -0.25) is 4.79 Å². The minimum Gasteiger partial charge on any atom is -0.468 e. The van der Waals surface area contributed by atoms with Gasteiger partial charge in [0.15, 0.2) is 16.3 Å². The van der Waals surface area contributed by atoms with Crippen molar-refractivity contribution in [1.29, 1.82) is 0 Å². The van der Waals surface area contributed by atoms with E-state index < -0.39 is 34.0 Å². The second-order valence-corrected chi connectivity index (χ2v) is 7.08. The third-order valence-corrected chi connectivity index (χ3v) is 4.28. The quantitative estimate of drug-likeness (QED) is 0.624. The van der Waals surface area contributed by atoms with Crippen molar-refractivity contribution in [3.05, 3.63) is 0 Å². The van der Waals surface area contributed by atoms with Crippen LogP contribution in [-0.2, 0) is 25.3 Å². The zero-order chi connectivity index (χ0) is 16.2. The average Bonchev–Trinajstić information content (AvgIpc) is 2.37. The molecule has 1 rings (SSSR count). The fraction of sp³-hybridized carbons (Fsp3) is 0.846. The Hall–Kier alpha value is -1.15. The summed E-state index contributed by atoms with van der Waals surface area (Å²) in [5.74, 6) is -0.964. The first-order valence-electron chi connectivity index (χ1n) is 6.81. The van der Waals surface area contributed by atoms with Crippen LogP contribution in [0.1, 0.15) is 33.6 Å². The van der Waals surface area contributed by atoms with Crippen LogP contribution in [0.25, 0.3) is 0 Å². The molecule has 1 N–H and O–H groups in total. The lowest BCUT2D eigenvalue weighted by atomic mass is 9.93. The summed E-state index contributed by atoms with van der Waals surface area (Å²) < 4.78 is 30.4. The molecule has 1 saturated heterocycles. The number of esters is 1. The van der Waals surface area contributed by atoms with E-state index in [4.69, 9.17) is 4.74 Å². The highest BCUT2D eigenvalue weighted by Gasteiger charge is 2.37. The molecule has 7 nitrogen and oxygen atoms in total. The minimum atomic E-state index is -2.28. The molecule has 122 valence electrons. The number of ether oxygens (including phenoxy) is 2. The summed E-state index contributed by atoms with van der Waals surface area (Å²) in [5.41, 5.74) is -0.560. The molecule has 2 unspecified atom stereocenters. The number of piperidine rings is 1. The monoisotopic (exact) mass is 321 g/mol. The molecule has 0 radical (unpaired) electrons. The van der Waals surface area contributed by atoms with Crippen molar-refractivity contribution in [2.24, 2.45) is 5.92 Å². The van der Waals surface area contributed by atoms with Crippen molar-refractivity contribution in [3.8, 4) is 0 Å². The maximum Gasteiger partial charge on any atom is 0.410 e.